The summed E-state index contributed by atoms with van der Waals surface area (Å²) in [5.41, 5.74) is 1.53. The molecule has 0 aliphatic heterocycles. The van der Waals surface area contributed by atoms with E-state index < -0.39 is 34.1 Å². The molecule has 0 fully saturated rings. The molecular weight excluding hydrogens is 350 g/mol. The van der Waals surface area contributed by atoms with Gasteiger partial charge in [0.1, 0.15) is 11.6 Å². The molecule has 0 radical (unpaired) electrons. The number of halogens is 2. The number of benzene rings is 2. The van der Waals surface area contributed by atoms with Crippen LogP contribution in [0.4, 0.5) is 14.5 Å². The molecule has 2 rings (SSSR count). The van der Waals surface area contributed by atoms with E-state index in [0.717, 1.165) is 33.8 Å². The minimum absolute atomic E-state index is 0.0123. The van der Waals surface area contributed by atoms with Gasteiger partial charge in [0.15, 0.2) is 0 Å². The van der Waals surface area contributed by atoms with Crippen LogP contribution >= 0.6 is 0 Å². The third-order valence-corrected chi connectivity index (χ3v) is 4.67. The third-order valence-electron chi connectivity index (χ3n) is 3.47. The van der Waals surface area contributed by atoms with Gasteiger partial charge in [-0.15, -0.1) is 0 Å². The molecule has 0 saturated heterocycles. The highest BCUT2D eigenvalue weighted by atomic mass is 32.2. The Hall–Kier alpha value is -2.32. The minimum Gasteiger partial charge on any atom is -0.322 e. The molecule has 25 heavy (non-hydrogen) atoms. The van der Waals surface area contributed by atoms with Crippen molar-refractivity contribution in [1.82, 2.24) is 4.31 Å². The summed E-state index contributed by atoms with van der Waals surface area (Å²) in [4.78, 5) is 12.1. The van der Waals surface area contributed by atoms with E-state index in [0.29, 0.717) is 6.07 Å². The number of hydrogen-bond donors (Lipinski definition) is 1. The fraction of sp³-hybridized carbons (Fsp3) is 0.235. The number of amides is 1. The molecule has 0 aliphatic rings. The van der Waals surface area contributed by atoms with Crippen molar-refractivity contribution >= 4 is 21.6 Å². The third kappa shape index (κ3) is 5.61. The number of nitrogens with one attached hydrogen (secondary N) is 1. The molecule has 0 aromatic heterocycles. The van der Waals surface area contributed by atoms with E-state index in [1.165, 1.54) is 0 Å². The van der Waals surface area contributed by atoms with Gasteiger partial charge in [0.05, 0.1) is 18.5 Å². The van der Waals surface area contributed by atoms with E-state index in [-0.39, 0.29) is 12.2 Å². The van der Waals surface area contributed by atoms with Crippen LogP contribution in [0.3, 0.4) is 0 Å². The summed E-state index contributed by atoms with van der Waals surface area (Å²) >= 11 is 0. The summed E-state index contributed by atoms with van der Waals surface area (Å²) in [6, 6.07) is 9.92. The number of anilines is 1. The second-order valence-electron chi connectivity index (χ2n) is 5.69. The maximum Gasteiger partial charge on any atom is 0.239 e. The van der Waals surface area contributed by atoms with Crippen LogP contribution in [0.2, 0.25) is 0 Å². The van der Waals surface area contributed by atoms with E-state index >= 15 is 0 Å². The highest BCUT2D eigenvalue weighted by Gasteiger charge is 2.21. The molecule has 0 saturated carbocycles. The van der Waals surface area contributed by atoms with Crippen molar-refractivity contribution in [3.63, 3.8) is 0 Å². The Morgan fingerprint density at radius 1 is 1.12 bits per heavy atom. The van der Waals surface area contributed by atoms with Crippen LogP contribution in [0.5, 0.6) is 0 Å². The van der Waals surface area contributed by atoms with Gasteiger partial charge >= 0.3 is 0 Å². The Morgan fingerprint density at radius 2 is 1.76 bits per heavy atom. The van der Waals surface area contributed by atoms with Gasteiger partial charge < -0.3 is 5.32 Å². The SMILES string of the molecule is Cc1ccc(CN(CC(=O)Nc2ccc(F)cc2F)S(C)(=O)=O)cc1. The Labute approximate surface area is 145 Å². The van der Waals surface area contributed by atoms with Gasteiger partial charge in [-0.3, -0.25) is 4.79 Å². The Bertz CT molecular complexity index is 868. The molecule has 0 heterocycles. The van der Waals surface area contributed by atoms with E-state index in [1.807, 2.05) is 19.1 Å². The van der Waals surface area contributed by atoms with E-state index in [4.69, 9.17) is 0 Å². The summed E-state index contributed by atoms with van der Waals surface area (Å²) in [7, 11) is -3.66. The first-order valence-corrected chi connectivity index (χ1v) is 9.25. The second-order valence-corrected chi connectivity index (χ2v) is 7.67. The first-order chi connectivity index (χ1) is 11.6. The van der Waals surface area contributed by atoms with Crippen molar-refractivity contribution in [2.24, 2.45) is 0 Å². The van der Waals surface area contributed by atoms with E-state index in [1.54, 1.807) is 12.1 Å². The molecular formula is C17H18F2N2O3S. The number of carbonyl (C=O) groups excluding carboxylic acids is 1. The Morgan fingerprint density at radius 3 is 2.32 bits per heavy atom. The van der Waals surface area contributed by atoms with Crippen LogP contribution < -0.4 is 5.32 Å². The molecule has 0 atom stereocenters. The summed E-state index contributed by atoms with van der Waals surface area (Å²) in [5.74, 6) is -2.42. The zero-order chi connectivity index (χ0) is 18.6. The minimum atomic E-state index is -3.66. The normalized spacial score (nSPS) is 11.6. The highest BCUT2D eigenvalue weighted by Crippen LogP contribution is 2.15. The van der Waals surface area contributed by atoms with Gasteiger partial charge in [0.2, 0.25) is 15.9 Å². The molecule has 0 spiro atoms. The Kier molecular flexibility index (Phi) is 5.86. The first kappa shape index (κ1) is 19.0. The number of hydrogen-bond acceptors (Lipinski definition) is 3. The summed E-state index contributed by atoms with van der Waals surface area (Å²) in [6.45, 7) is 1.44. The van der Waals surface area contributed by atoms with Crippen LogP contribution in [-0.2, 0) is 21.4 Å². The van der Waals surface area contributed by atoms with E-state index in [9.17, 15) is 22.0 Å². The largest absolute Gasteiger partial charge is 0.322 e. The zero-order valence-electron chi connectivity index (χ0n) is 13.8. The molecule has 2 aromatic rings. The number of aryl methyl sites for hydroxylation is 1. The summed E-state index contributed by atoms with van der Waals surface area (Å²) < 4.78 is 51.3. The fourth-order valence-electron chi connectivity index (χ4n) is 2.13. The molecule has 0 unspecified atom stereocenters. The van der Waals surface area contributed by atoms with Crippen molar-refractivity contribution < 1.29 is 22.0 Å². The van der Waals surface area contributed by atoms with Crippen molar-refractivity contribution in [2.75, 3.05) is 18.1 Å². The lowest BCUT2D eigenvalue weighted by molar-refractivity contribution is -0.116. The van der Waals surface area contributed by atoms with E-state index in [2.05, 4.69) is 5.32 Å². The van der Waals surface area contributed by atoms with Gasteiger partial charge in [0, 0.05) is 12.6 Å². The molecule has 0 aliphatic carbocycles. The van der Waals surface area contributed by atoms with Gasteiger partial charge in [-0.2, -0.15) is 4.31 Å². The lowest BCUT2D eigenvalue weighted by Gasteiger charge is -2.20. The van der Waals surface area contributed by atoms with Gasteiger partial charge in [0.25, 0.3) is 0 Å². The fourth-order valence-corrected chi connectivity index (χ4v) is 2.86. The topological polar surface area (TPSA) is 66.5 Å². The van der Waals surface area contributed by atoms with Crippen molar-refractivity contribution in [2.45, 2.75) is 13.5 Å². The lowest BCUT2D eigenvalue weighted by Crippen LogP contribution is -2.37. The molecule has 2 aromatic carbocycles. The summed E-state index contributed by atoms with van der Waals surface area (Å²) in [5, 5.41) is 2.25. The van der Waals surface area contributed by atoms with Crippen LogP contribution in [0, 0.1) is 18.6 Å². The van der Waals surface area contributed by atoms with Crippen LogP contribution in [0.25, 0.3) is 0 Å². The van der Waals surface area contributed by atoms with Crippen molar-refractivity contribution in [1.29, 1.82) is 0 Å². The number of rotatable bonds is 6. The van der Waals surface area contributed by atoms with Crippen molar-refractivity contribution in [3.8, 4) is 0 Å². The predicted octanol–water partition coefficient (Wildman–Crippen LogP) is 2.67. The smallest absolute Gasteiger partial charge is 0.239 e. The second kappa shape index (κ2) is 7.71. The highest BCUT2D eigenvalue weighted by molar-refractivity contribution is 7.88. The number of nitrogens with zero attached hydrogens (tertiary/aromatic N) is 1. The quantitative estimate of drug-likeness (QED) is 0.853. The van der Waals surface area contributed by atoms with Crippen LogP contribution in [-0.4, -0.2) is 31.4 Å². The lowest BCUT2D eigenvalue weighted by atomic mass is 10.1. The standard InChI is InChI=1S/C17H18F2N2O3S/c1-12-3-5-13(6-4-12)10-21(25(2,23)24)11-17(22)20-16-8-7-14(18)9-15(16)19/h3-9H,10-11H2,1-2H3,(H,20,22). The van der Waals surface area contributed by atoms with Crippen molar-refractivity contribution in [3.05, 3.63) is 65.2 Å². The summed E-state index contributed by atoms with van der Waals surface area (Å²) in [6.07, 6.45) is 0.993. The monoisotopic (exact) mass is 368 g/mol. The Balaban J connectivity index is 2.11. The predicted molar refractivity (Wildman–Crippen MR) is 91.4 cm³/mol. The molecule has 134 valence electrons. The van der Waals surface area contributed by atoms with Gasteiger partial charge in [-0.05, 0) is 24.6 Å². The molecule has 5 nitrogen and oxygen atoms in total. The average molecular weight is 368 g/mol. The molecule has 0 bridgehead atoms. The maximum atomic E-state index is 13.6. The zero-order valence-corrected chi connectivity index (χ0v) is 14.6. The molecule has 8 heteroatoms. The first-order valence-electron chi connectivity index (χ1n) is 7.41. The molecule has 1 amide bonds. The number of carbonyl (C=O) groups is 1. The maximum absolute atomic E-state index is 13.6. The number of sulfonamides is 1. The van der Waals surface area contributed by atoms with Gasteiger partial charge in [-0.25, -0.2) is 17.2 Å². The molecule has 1 N–H and O–H groups in total. The van der Waals surface area contributed by atoms with Gasteiger partial charge in [-0.1, -0.05) is 29.8 Å². The van der Waals surface area contributed by atoms with Crippen LogP contribution in [0.1, 0.15) is 11.1 Å². The average Bonchev–Trinajstić information content (AvgIpc) is 2.50. The van der Waals surface area contributed by atoms with Crippen LogP contribution in [0.15, 0.2) is 42.5 Å².